The van der Waals surface area contributed by atoms with Crippen LogP contribution in [0.3, 0.4) is 0 Å². The standard InChI is InChI=1S/C20H26N8O2S/c1-4-26-8-10-27(11-9-26)18-21-7-6-16(23-18)15-12-22-19-24-20(25-28(19)14(15)3)31-13-17(29)30-5-2/h6-7,12H,4-5,8-11,13H2,1-3H3. The Hall–Kier alpha value is -2.79. The summed E-state index contributed by atoms with van der Waals surface area (Å²) in [4.78, 5) is 34.4. The maximum Gasteiger partial charge on any atom is 0.316 e. The van der Waals surface area contributed by atoms with E-state index in [1.807, 2.05) is 13.0 Å². The van der Waals surface area contributed by atoms with Gasteiger partial charge in [-0.15, -0.1) is 5.10 Å². The zero-order valence-corrected chi connectivity index (χ0v) is 18.8. The van der Waals surface area contributed by atoms with Gasteiger partial charge in [0.2, 0.25) is 11.1 Å². The lowest BCUT2D eigenvalue weighted by molar-refractivity contribution is -0.139. The molecule has 1 aliphatic heterocycles. The molecule has 0 saturated carbocycles. The minimum atomic E-state index is -0.287. The number of rotatable bonds is 7. The summed E-state index contributed by atoms with van der Waals surface area (Å²) in [5, 5.41) is 4.98. The van der Waals surface area contributed by atoms with Crippen molar-refractivity contribution in [1.29, 1.82) is 0 Å². The van der Waals surface area contributed by atoms with Crippen LogP contribution in [0.5, 0.6) is 0 Å². The van der Waals surface area contributed by atoms with Gasteiger partial charge in [0.25, 0.3) is 5.78 Å². The van der Waals surface area contributed by atoms with Crippen LogP contribution in [0.4, 0.5) is 5.95 Å². The number of hydrogen-bond donors (Lipinski definition) is 0. The SMILES string of the molecule is CCOC(=O)CSc1nc2ncc(-c3ccnc(N4CCN(CC)CC4)n3)c(C)n2n1. The van der Waals surface area contributed by atoms with Crippen LogP contribution in [0, 0.1) is 6.92 Å². The molecule has 10 nitrogen and oxygen atoms in total. The van der Waals surface area contributed by atoms with Crippen molar-refractivity contribution in [1.82, 2.24) is 34.4 Å². The monoisotopic (exact) mass is 442 g/mol. The molecule has 1 aliphatic rings. The predicted octanol–water partition coefficient (Wildman–Crippen LogP) is 1.69. The molecule has 1 saturated heterocycles. The van der Waals surface area contributed by atoms with E-state index in [4.69, 9.17) is 9.72 Å². The summed E-state index contributed by atoms with van der Waals surface area (Å²) in [6, 6.07) is 1.88. The van der Waals surface area contributed by atoms with E-state index in [1.54, 1.807) is 23.8 Å². The molecule has 0 unspecified atom stereocenters. The highest BCUT2D eigenvalue weighted by molar-refractivity contribution is 7.99. The fraction of sp³-hybridized carbons (Fsp3) is 0.500. The number of aromatic nitrogens is 6. The number of aryl methyl sites for hydroxylation is 1. The molecule has 3 aromatic heterocycles. The Balaban J connectivity index is 1.55. The van der Waals surface area contributed by atoms with E-state index < -0.39 is 0 Å². The van der Waals surface area contributed by atoms with E-state index in [2.05, 4.69) is 36.8 Å². The molecule has 0 aromatic carbocycles. The lowest BCUT2D eigenvalue weighted by Gasteiger charge is -2.34. The van der Waals surface area contributed by atoms with Crippen molar-refractivity contribution in [2.45, 2.75) is 25.9 Å². The fourth-order valence-electron chi connectivity index (χ4n) is 3.48. The molecule has 4 heterocycles. The summed E-state index contributed by atoms with van der Waals surface area (Å²) in [7, 11) is 0. The number of esters is 1. The zero-order chi connectivity index (χ0) is 21.8. The second-order valence-corrected chi connectivity index (χ2v) is 8.06. The third kappa shape index (κ3) is 4.77. The van der Waals surface area contributed by atoms with Crippen molar-refractivity contribution in [2.75, 3.05) is 50.0 Å². The van der Waals surface area contributed by atoms with E-state index in [1.165, 1.54) is 11.8 Å². The summed E-state index contributed by atoms with van der Waals surface area (Å²) in [6.45, 7) is 11.2. The average Bonchev–Trinajstić information content (AvgIpc) is 3.22. The van der Waals surface area contributed by atoms with E-state index in [0.717, 1.165) is 55.6 Å². The smallest absolute Gasteiger partial charge is 0.316 e. The van der Waals surface area contributed by atoms with Gasteiger partial charge in [0.05, 0.1) is 23.7 Å². The van der Waals surface area contributed by atoms with Crippen molar-refractivity contribution in [3.8, 4) is 11.3 Å². The highest BCUT2D eigenvalue weighted by Gasteiger charge is 2.19. The Labute approximate surface area is 185 Å². The summed E-state index contributed by atoms with van der Waals surface area (Å²) >= 11 is 1.23. The maximum absolute atomic E-state index is 11.6. The number of carbonyl (C=O) groups excluding carboxylic acids is 1. The maximum atomic E-state index is 11.6. The molecule has 4 rings (SSSR count). The summed E-state index contributed by atoms with van der Waals surface area (Å²) in [5.74, 6) is 1.09. The molecular weight excluding hydrogens is 416 g/mol. The molecule has 1 fully saturated rings. The average molecular weight is 443 g/mol. The second-order valence-electron chi connectivity index (χ2n) is 7.12. The number of likely N-dealkylation sites (N-methyl/N-ethyl adjacent to an activating group) is 1. The number of nitrogens with zero attached hydrogens (tertiary/aromatic N) is 8. The predicted molar refractivity (Wildman–Crippen MR) is 118 cm³/mol. The Bertz CT molecular complexity index is 1060. The molecule has 3 aromatic rings. The Morgan fingerprint density at radius 3 is 2.71 bits per heavy atom. The van der Waals surface area contributed by atoms with Crippen LogP contribution in [-0.2, 0) is 9.53 Å². The first-order valence-electron chi connectivity index (χ1n) is 10.4. The van der Waals surface area contributed by atoms with Crippen LogP contribution >= 0.6 is 11.8 Å². The van der Waals surface area contributed by atoms with Crippen LogP contribution in [0.25, 0.3) is 17.0 Å². The van der Waals surface area contributed by atoms with Gasteiger partial charge in [0.1, 0.15) is 0 Å². The first kappa shape index (κ1) is 21.4. The van der Waals surface area contributed by atoms with Gasteiger partial charge in [-0.3, -0.25) is 4.79 Å². The van der Waals surface area contributed by atoms with E-state index in [9.17, 15) is 4.79 Å². The third-order valence-corrected chi connectivity index (χ3v) is 6.04. The van der Waals surface area contributed by atoms with Crippen LogP contribution in [0.15, 0.2) is 23.6 Å². The molecule has 164 valence electrons. The van der Waals surface area contributed by atoms with Crippen LogP contribution in [-0.4, -0.2) is 85.5 Å². The quantitative estimate of drug-likeness (QED) is 0.397. The van der Waals surface area contributed by atoms with Gasteiger partial charge < -0.3 is 14.5 Å². The van der Waals surface area contributed by atoms with Gasteiger partial charge >= 0.3 is 5.97 Å². The zero-order valence-electron chi connectivity index (χ0n) is 18.0. The molecular formula is C20H26N8O2S. The topological polar surface area (TPSA) is 102 Å². The first-order valence-corrected chi connectivity index (χ1v) is 11.4. The van der Waals surface area contributed by atoms with Crippen LogP contribution < -0.4 is 4.90 Å². The molecule has 31 heavy (non-hydrogen) atoms. The summed E-state index contributed by atoms with van der Waals surface area (Å²) < 4.78 is 6.64. The van der Waals surface area contributed by atoms with Crippen LogP contribution in [0.2, 0.25) is 0 Å². The molecule has 0 aliphatic carbocycles. The number of carbonyl (C=O) groups is 1. The molecule has 11 heteroatoms. The van der Waals surface area contributed by atoms with E-state index in [0.29, 0.717) is 17.5 Å². The van der Waals surface area contributed by atoms with Gasteiger partial charge in [-0.2, -0.15) is 9.50 Å². The molecule has 0 radical (unpaired) electrons. The van der Waals surface area contributed by atoms with Gasteiger partial charge in [0.15, 0.2) is 0 Å². The van der Waals surface area contributed by atoms with E-state index in [-0.39, 0.29) is 11.7 Å². The Morgan fingerprint density at radius 1 is 1.16 bits per heavy atom. The molecule has 0 N–H and O–H groups in total. The number of thioether (sulfide) groups is 1. The van der Waals surface area contributed by atoms with Crippen molar-refractivity contribution < 1.29 is 9.53 Å². The van der Waals surface area contributed by atoms with Crippen molar-refractivity contribution in [2.24, 2.45) is 0 Å². The highest BCUT2D eigenvalue weighted by atomic mass is 32.2. The Kier molecular flexibility index (Phi) is 6.62. The number of anilines is 1. The molecule has 0 atom stereocenters. The highest BCUT2D eigenvalue weighted by Crippen LogP contribution is 2.24. The molecule has 0 spiro atoms. The summed E-state index contributed by atoms with van der Waals surface area (Å²) in [5.41, 5.74) is 2.54. The van der Waals surface area contributed by atoms with Gasteiger partial charge in [-0.25, -0.2) is 15.0 Å². The van der Waals surface area contributed by atoms with Crippen molar-refractivity contribution in [3.05, 3.63) is 24.2 Å². The second kappa shape index (κ2) is 9.56. The lowest BCUT2D eigenvalue weighted by Crippen LogP contribution is -2.46. The largest absolute Gasteiger partial charge is 0.465 e. The normalized spacial score (nSPS) is 14.9. The molecule has 0 amide bonds. The van der Waals surface area contributed by atoms with Crippen molar-refractivity contribution in [3.63, 3.8) is 0 Å². The van der Waals surface area contributed by atoms with E-state index >= 15 is 0 Å². The first-order chi connectivity index (χ1) is 15.1. The molecule has 0 bridgehead atoms. The number of hydrogen-bond acceptors (Lipinski definition) is 10. The minimum Gasteiger partial charge on any atom is -0.465 e. The summed E-state index contributed by atoms with van der Waals surface area (Å²) in [6.07, 6.45) is 3.55. The van der Waals surface area contributed by atoms with Gasteiger partial charge in [-0.05, 0) is 26.5 Å². The van der Waals surface area contributed by atoms with Crippen LogP contribution in [0.1, 0.15) is 19.5 Å². The minimum absolute atomic E-state index is 0.164. The van der Waals surface area contributed by atoms with Crippen molar-refractivity contribution >= 4 is 29.5 Å². The number of piperazine rings is 1. The lowest BCUT2D eigenvalue weighted by atomic mass is 10.2. The number of fused-ring (bicyclic) bond motifs is 1. The number of ether oxygens (including phenoxy) is 1. The van der Waals surface area contributed by atoms with Gasteiger partial charge in [-0.1, -0.05) is 18.7 Å². The Morgan fingerprint density at radius 2 is 1.97 bits per heavy atom. The third-order valence-electron chi connectivity index (χ3n) is 5.23. The fourth-order valence-corrected chi connectivity index (χ4v) is 4.09. The van der Waals surface area contributed by atoms with Gasteiger partial charge in [0, 0.05) is 44.1 Å².